The van der Waals surface area contributed by atoms with E-state index in [4.69, 9.17) is 5.84 Å². The van der Waals surface area contributed by atoms with Crippen molar-refractivity contribution >= 4 is 38.6 Å². The summed E-state index contributed by atoms with van der Waals surface area (Å²) in [7, 11) is 0. The van der Waals surface area contributed by atoms with E-state index < -0.39 is 0 Å². The molecule has 0 radical (unpaired) electrons. The Bertz CT molecular complexity index is 398. The third-order valence-electron chi connectivity index (χ3n) is 1.81. The van der Waals surface area contributed by atoms with Gasteiger partial charge in [0, 0.05) is 20.4 Å². The molecule has 1 unspecified atom stereocenters. The average molecular weight is 290 g/mol. The molecule has 2 aromatic heterocycles. The first-order valence-corrected chi connectivity index (χ1v) is 6.45. The molecule has 3 N–H and O–H groups in total. The van der Waals surface area contributed by atoms with Crippen LogP contribution >= 0.6 is 38.6 Å². The monoisotopic (exact) mass is 289 g/mol. The van der Waals surface area contributed by atoms with Crippen molar-refractivity contribution in [1.29, 1.82) is 0 Å². The number of hydrogen-bond donors (Lipinski definition) is 2. The summed E-state index contributed by atoms with van der Waals surface area (Å²) in [5.74, 6) is 5.54. The molecule has 0 aromatic carbocycles. The molecule has 6 heteroatoms. The molecule has 74 valence electrons. The number of hydrogen-bond acceptors (Lipinski definition) is 5. The van der Waals surface area contributed by atoms with Gasteiger partial charge in [0.15, 0.2) is 0 Å². The van der Waals surface area contributed by atoms with E-state index in [1.165, 1.54) is 4.88 Å². The topological polar surface area (TPSA) is 50.9 Å². The molecule has 2 rings (SSSR count). The standard InChI is InChI=1S/C8H8BrN3S2/c9-5-1-2-13-8(5)7(12-10)6-3-11-4-14-6/h1-4,7,12H,10H2. The van der Waals surface area contributed by atoms with Gasteiger partial charge in [0.2, 0.25) is 0 Å². The quantitative estimate of drug-likeness (QED) is 0.674. The van der Waals surface area contributed by atoms with Gasteiger partial charge in [-0.05, 0) is 27.4 Å². The Morgan fingerprint density at radius 3 is 2.86 bits per heavy atom. The van der Waals surface area contributed by atoms with E-state index in [0.717, 1.165) is 9.35 Å². The minimum atomic E-state index is 0.0388. The number of thiophene rings is 1. The van der Waals surface area contributed by atoms with E-state index in [1.54, 1.807) is 28.2 Å². The van der Waals surface area contributed by atoms with Crippen LogP contribution < -0.4 is 11.3 Å². The van der Waals surface area contributed by atoms with Crippen molar-refractivity contribution in [2.75, 3.05) is 0 Å². The molecule has 0 fully saturated rings. The van der Waals surface area contributed by atoms with Gasteiger partial charge in [-0.1, -0.05) is 0 Å². The zero-order valence-corrected chi connectivity index (χ0v) is 10.3. The maximum atomic E-state index is 5.54. The number of halogens is 1. The number of rotatable bonds is 3. The highest BCUT2D eigenvalue weighted by Crippen LogP contribution is 2.33. The summed E-state index contributed by atoms with van der Waals surface area (Å²) in [4.78, 5) is 6.34. The molecule has 2 aromatic rings. The summed E-state index contributed by atoms with van der Waals surface area (Å²) in [6.07, 6.45) is 1.83. The van der Waals surface area contributed by atoms with Crippen LogP contribution in [0, 0.1) is 0 Å². The lowest BCUT2D eigenvalue weighted by Gasteiger charge is -2.12. The SMILES string of the molecule is NNC(c1cncs1)c1sccc1Br. The first kappa shape index (κ1) is 10.3. The highest BCUT2D eigenvalue weighted by Gasteiger charge is 2.17. The largest absolute Gasteiger partial charge is 0.271 e. The number of nitrogens with two attached hydrogens (primary N) is 1. The van der Waals surface area contributed by atoms with Crippen molar-refractivity contribution < 1.29 is 0 Å². The van der Waals surface area contributed by atoms with Crippen molar-refractivity contribution in [3.63, 3.8) is 0 Å². The van der Waals surface area contributed by atoms with Crippen LogP contribution in [0.15, 0.2) is 27.6 Å². The molecule has 14 heavy (non-hydrogen) atoms. The zero-order chi connectivity index (χ0) is 9.97. The van der Waals surface area contributed by atoms with Gasteiger partial charge in [0.05, 0.1) is 11.6 Å². The summed E-state index contributed by atoms with van der Waals surface area (Å²) < 4.78 is 1.08. The molecule has 0 amide bonds. The average Bonchev–Trinajstić information content (AvgIpc) is 2.80. The van der Waals surface area contributed by atoms with E-state index in [9.17, 15) is 0 Å². The highest BCUT2D eigenvalue weighted by atomic mass is 79.9. The second-order valence-corrected chi connectivity index (χ2v) is 5.36. The van der Waals surface area contributed by atoms with Crippen molar-refractivity contribution in [1.82, 2.24) is 10.4 Å². The molecule has 0 aliphatic carbocycles. The summed E-state index contributed by atoms with van der Waals surface area (Å²) in [6, 6.07) is 2.06. The number of aromatic nitrogens is 1. The van der Waals surface area contributed by atoms with Gasteiger partial charge in [-0.2, -0.15) is 0 Å². The van der Waals surface area contributed by atoms with Crippen LogP contribution in [0.3, 0.4) is 0 Å². The van der Waals surface area contributed by atoms with Crippen LogP contribution in [-0.2, 0) is 0 Å². The Hall–Kier alpha value is -0.270. The lowest BCUT2D eigenvalue weighted by Crippen LogP contribution is -2.27. The molecular formula is C8H8BrN3S2. The van der Waals surface area contributed by atoms with Crippen molar-refractivity contribution in [2.45, 2.75) is 6.04 Å². The third kappa shape index (κ3) is 1.89. The summed E-state index contributed by atoms with van der Waals surface area (Å²) in [5, 5.41) is 2.03. The van der Waals surface area contributed by atoms with Gasteiger partial charge in [-0.25, -0.2) is 5.43 Å². The van der Waals surface area contributed by atoms with E-state index >= 15 is 0 Å². The smallest absolute Gasteiger partial charge is 0.0921 e. The minimum absolute atomic E-state index is 0.0388. The lowest BCUT2D eigenvalue weighted by molar-refractivity contribution is 0.653. The fourth-order valence-corrected chi connectivity index (χ4v) is 3.61. The normalized spacial score (nSPS) is 13.0. The summed E-state index contributed by atoms with van der Waals surface area (Å²) in [5.41, 5.74) is 4.61. The second-order valence-electron chi connectivity index (χ2n) is 2.64. The van der Waals surface area contributed by atoms with Crippen LogP contribution in [0.1, 0.15) is 15.8 Å². The first-order chi connectivity index (χ1) is 6.83. The second kappa shape index (κ2) is 4.50. The molecular weight excluding hydrogens is 282 g/mol. The van der Waals surface area contributed by atoms with Crippen LogP contribution in [0.5, 0.6) is 0 Å². The van der Waals surface area contributed by atoms with Gasteiger partial charge >= 0.3 is 0 Å². The van der Waals surface area contributed by atoms with Crippen LogP contribution in [-0.4, -0.2) is 4.98 Å². The highest BCUT2D eigenvalue weighted by molar-refractivity contribution is 9.10. The molecule has 2 heterocycles. The Morgan fingerprint density at radius 1 is 1.50 bits per heavy atom. The molecule has 0 saturated carbocycles. The predicted octanol–water partition coefficient (Wildman–Crippen LogP) is 2.52. The number of hydrazine groups is 1. The van der Waals surface area contributed by atoms with Crippen LogP contribution in [0.2, 0.25) is 0 Å². The third-order valence-corrected chi connectivity index (χ3v) is 4.59. The fraction of sp³-hybridized carbons (Fsp3) is 0.125. The summed E-state index contributed by atoms with van der Waals surface area (Å²) in [6.45, 7) is 0. The maximum Gasteiger partial charge on any atom is 0.0921 e. The van der Waals surface area contributed by atoms with E-state index in [2.05, 4.69) is 26.3 Å². The molecule has 0 aliphatic rings. The molecule has 0 aliphatic heterocycles. The molecule has 0 spiro atoms. The molecule has 1 atom stereocenters. The van der Waals surface area contributed by atoms with Crippen molar-refractivity contribution in [3.8, 4) is 0 Å². The number of thiazole rings is 1. The Balaban J connectivity index is 2.36. The van der Waals surface area contributed by atoms with E-state index in [1.807, 2.05) is 17.6 Å². The van der Waals surface area contributed by atoms with Gasteiger partial charge in [0.1, 0.15) is 0 Å². The maximum absolute atomic E-state index is 5.54. The fourth-order valence-electron chi connectivity index (χ4n) is 1.17. The Labute approximate surface area is 98.1 Å². The van der Waals surface area contributed by atoms with Crippen LogP contribution in [0.4, 0.5) is 0 Å². The lowest BCUT2D eigenvalue weighted by atomic mass is 10.2. The molecule has 3 nitrogen and oxygen atoms in total. The molecule has 0 bridgehead atoms. The number of nitrogens with one attached hydrogen (secondary N) is 1. The van der Waals surface area contributed by atoms with Gasteiger partial charge in [0.25, 0.3) is 0 Å². The van der Waals surface area contributed by atoms with E-state index in [-0.39, 0.29) is 6.04 Å². The van der Waals surface area contributed by atoms with Gasteiger partial charge in [-0.3, -0.25) is 10.8 Å². The zero-order valence-electron chi connectivity index (χ0n) is 7.11. The molecule has 0 saturated heterocycles. The minimum Gasteiger partial charge on any atom is -0.271 e. The summed E-state index contributed by atoms with van der Waals surface area (Å²) >= 11 is 6.76. The van der Waals surface area contributed by atoms with E-state index in [0.29, 0.717) is 0 Å². The van der Waals surface area contributed by atoms with Crippen molar-refractivity contribution in [2.24, 2.45) is 5.84 Å². The van der Waals surface area contributed by atoms with Gasteiger partial charge < -0.3 is 0 Å². The van der Waals surface area contributed by atoms with Crippen molar-refractivity contribution in [3.05, 3.63) is 37.4 Å². The van der Waals surface area contributed by atoms with Gasteiger partial charge in [-0.15, -0.1) is 22.7 Å². The number of nitrogens with zero attached hydrogens (tertiary/aromatic N) is 1. The first-order valence-electron chi connectivity index (χ1n) is 3.90. The Morgan fingerprint density at radius 2 is 2.36 bits per heavy atom. The van der Waals surface area contributed by atoms with Crippen LogP contribution in [0.25, 0.3) is 0 Å². The Kier molecular flexibility index (Phi) is 3.30. The predicted molar refractivity (Wildman–Crippen MR) is 63.3 cm³/mol.